The van der Waals surface area contributed by atoms with Crippen molar-refractivity contribution in [3.05, 3.63) is 40.2 Å². The van der Waals surface area contributed by atoms with Crippen molar-refractivity contribution in [3.63, 3.8) is 0 Å². The minimum atomic E-state index is -0.822. The van der Waals surface area contributed by atoms with Gasteiger partial charge in [0.1, 0.15) is 0 Å². The molecule has 6 nitrogen and oxygen atoms in total. The van der Waals surface area contributed by atoms with Crippen molar-refractivity contribution in [2.24, 2.45) is 0 Å². The highest BCUT2D eigenvalue weighted by molar-refractivity contribution is 6.33. The highest BCUT2D eigenvalue weighted by Crippen LogP contribution is 2.30. The molecular formula is C14H12ClNO5. The monoisotopic (exact) mass is 309 g/mol. The van der Waals surface area contributed by atoms with E-state index in [4.69, 9.17) is 16.0 Å². The van der Waals surface area contributed by atoms with Crippen LogP contribution < -0.4 is 0 Å². The number of rotatable bonds is 3. The predicted molar refractivity (Wildman–Crippen MR) is 74.4 cm³/mol. The minimum absolute atomic E-state index is 0.0424. The molecule has 0 saturated carbocycles. The summed E-state index contributed by atoms with van der Waals surface area (Å²) in [4.78, 5) is 27.3. The molecule has 2 aromatic rings. The van der Waals surface area contributed by atoms with Crippen LogP contribution in [0.5, 0.6) is 0 Å². The number of hydrogen-bond acceptors (Lipinski definition) is 6. The summed E-state index contributed by atoms with van der Waals surface area (Å²) in [6.45, 7) is 1.88. The van der Waals surface area contributed by atoms with Gasteiger partial charge < -0.3 is 13.9 Å². The average Bonchev–Trinajstić information content (AvgIpc) is 2.90. The molecule has 21 heavy (non-hydrogen) atoms. The number of hydrogen-bond donors (Lipinski definition) is 0. The van der Waals surface area contributed by atoms with E-state index in [0.29, 0.717) is 10.6 Å². The molecule has 7 heteroatoms. The molecule has 2 rings (SSSR count). The number of methoxy groups -OCH3 is 2. The Balaban J connectivity index is 2.58. The largest absolute Gasteiger partial charge is 0.464 e. The van der Waals surface area contributed by atoms with E-state index in [2.05, 4.69) is 14.5 Å². The predicted octanol–water partition coefficient (Wildman–Crippen LogP) is 2.88. The standard InChI is InChI=1S/C14H12ClNO5/c1-7-4-5-8(9(15)6-7)12-16-10(13(17)19-2)11(21-12)14(18)20-3/h4-6H,1-3H3. The Hall–Kier alpha value is -2.34. The van der Waals surface area contributed by atoms with Crippen LogP contribution >= 0.6 is 11.6 Å². The zero-order valence-electron chi connectivity index (χ0n) is 11.6. The maximum absolute atomic E-state index is 11.7. The molecule has 0 bridgehead atoms. The average molecular weight is 310 g/mol. The zero-order valence-corrected chi connectivity index (χ0v) is 12.4. The SMILES string of the molecule is COC(=O)c1nc(-c2ccc(C)cc2Cl)oc1C(=O)OC. The fraction of sp³-hybridized carbons (Fsp3) is 0.214. The van der Waals surface area contributed by atoms with Gasteiger partial charge in [0, 0.05) is 0 Å². The topological polar surface area (TPSA) is 78.6 Å². The normalized spacial score (nSPS) is 10.3. The molecule has 0 N–H and O–H groups in total. The first kappa shape index (κ1) is 15.1. The number of nitrogens with zero attached hydrogens (tertiary/aromatic N) is 1. The molecule has 0 radical (unpaired) electrons. The third-order valence-corrected chi connectivity index (χ3v) is 3.04. The molecule has 0 aliphatic heterocycles. The summed E-state index contributed by atoms with van der Waals surface area (Å²) in [5.74, 6) is -1.90. The van der Waals surface area contributed by atoms with Crippen LogP contribution in [0.25, 0.3) is 11.5 Å². The number of carbonyl (C=O) groups is 2. The summed E-state index contributed by atoms with van der Waals surface area (Å²) in [5, 5.41) is 0.393. The van der Waals surface area contributed by atoms with Crippen molar-refractivity contribution in [3.8, 4) is 11.5 Å². The molecule has 1 aromatic heterocycles. The van der Waals surface area contributed by atoms with Crippen LogP contribution in [0.1, 0.15) is 26.6 Å². The molecule has 0 aliphatic rings. The summed E-state index contributed by atoms with van der Waals surface area (Å²) in [7, 11) is 2.35. The highest BCUT2D eigenvalue weighted by atomic mass is 35.5. The third kappa shape index (κ3) is 2.90. The zero-order chi connectivity index (χ0) is 15.6. The summed E-state index contributed by atoms with van der Waals surface area (Å²) < 4.78 is 14.5. The molecular weight excluding hydrogens is 298 g/mol. The van der Waals surface area contributed by atoms with Gasteiger partial charge in [-0.3, -0.25) is 0 Å². The third-order valence-electron chi connectivity index (χ3n) is 2.73. The highest BCUT2D eigenvalue weighted by Gasteiger charge is 2.28. The Labute approximate surface area is 125 Å². The van der Waals surface area contributed by atoms with E-state index in [1.165, 1.54) is 14.2 Å². The summed E-state index contributed by atoms with van der Waals surface area (Å²) in [5.41, 5.74) is 1.16. The molecule has 0 saturated heterocycles. The van der Waals surface area contributed by atoms with Gasteiger partial charge >= 0.3 is 11.9 Å². The molecule has 0 aliphatic carbocycles. The van der Waals surface area contributed by atoms with Crippen LogP contribution in [-0.2, 0) is 9.47 Å². The summed E-state index contributed by atoms with van der Waals surface area (Å²) in [6.07, 6.45) is 0. The van der Waals surface area contributed by atoms with Crippen LogP contribution in [-0.4, -0.2) is 31.1 Å². The second kappa shape index (κ2) is 5.97. The van der Waals surface area contributed by atoms with Crippen molar-refractivity contribution < 1.29 is 23.5 Å². The van der Waals surface area contributed by atoms with Crippen LogP contribution in [0, 0.1) is 6.92 Å². The first-order valence-electron chi connectivity index (χ1n) is 5.92. The lowest BCUT2D eigenvalue weighted by molar-refractivity contribution is 0.0527. The van der Waals surface area contributed by atoms with Crippen LogP contribution in [0.15, 0.2) is 22.6 Å². The van der Waals surface area contributed by atoms with Crippen LogP contribution in [0.3, 0.4) is 0 Å². The number of aromatic nitrogens is 1. The van der Waals surface area contributed by atoms with Gasteiger partial charge in [0.25, 0.3) is 0 Å². The molecule has 0 spiro atoms. The van der Waals surface area contributed by atoms with Crippen molar-refractivity contribution in [2.75, 3.05) is 14.2 Å². The molecule has 110 valence electrons. The quantitative estimate of drug-likeness (QED) is 0.811. The fourth-order valence-corrected chi connectivity index (χ4v) is 2.01. The van der Waals surface area contributed by atoms with Gasteiger partial charge in [-0.1, -0.05) is 17.7 Å². The Morgan fingerprint density at radius 2 is 1.86 bits per heavy atom. The van der Waals surface area contributed by atoms with E-state index in [1.54, 1.807) is 18.2 Å². The smallest absolute Gasteiger partial charge is 0.376 e. The van der Waals surface area contributed by atoms with Crippen LogP contribution in [0.2, 0.25) is 5.02 Å². The molecule has 0 unspecified atom stereocenters. The summed E-state index contributed by atoms with van der Waals surface area (Å²) >= 11 is 6.12. The first-order valence-corrected chi connectivity index (χ1v) is 6.29. The van der Waals surface area contributed by atoms with Crippen molar-refractivity contribution in [1.82, 2.24) is 4.98 Å². The number of esters is 2. The Bertz CT molecular complexity index is 674. The van der Waals surface area contributed by atoms with Crippen molar-refractivity contribution >= 4 is 23.5 Å². The molecule has 0 fully saturated rings. The lowest BCUT2D eigenvalue weighted by Crippen LogP contribution is -2.10. The molecule has 0 amide bonds. The van der Waals surface area contributed by atoms with E-state index < -0.39 is 11.9 Å². The van der Waals surface area contributed by atoms with E-state index >= 15 is 0 Å². The van der Waals surface area contributed by atoms with Gasteiger partial charge in [-0.05, 0) is 24.6 Å². The van der Waals surface area contributed by atoms with Gasteiger partial charge in [0.05, 0.1) is 24.8 Å². The maximum Gasteiger partial charge on any atom is 0.376 e. The maximum atomic E-state index is 11.7. The van der Waals surface area contributed by atoms with E-state index in [1.807, 2.05) is 6.92 Å². The molecule has 0 atom stereocenters. The van der Waals surface area contributed by atoms with Gasteiger partial charge in [-0.25, -0.2) is 14.6 Å². The lowest BCUT2D eigenvalue weighted by atomic mass is 10.1. The minimum Gasteiger partial charge on any atom is -0.464 e. The Morgan fingerprint density at radius 3 is 2.43 bits per heavy atom. The number of aryl methyl sites for hydroxylation is 1. The number of ether oxygens (including phenoxy) is 2. The van der Waals surface area contributed by atoms with Crippen molar-refractivity contribution in [2.45, 2.75) is 6.92 Å². The van der Waals surface area contributed by atoms with E-state index in [-0.39, 0.29) is 17.3 Å². The van der Waals surface area contributed by atoms with E-state index in [0.717, 1.165) is 5.56 Å². The Kier molecular flexibility index (Phi) is 4.28. The van der Waals surface area contributed by atoms with Gasteiger partial charge in [0.15, 0.2) is 0 Å². The van der Waals surface area contributed by atoms with Gasteiger partial charge in [0.2, 0.25) is 17.3 Å². The molecule has 1 aromatic carbocycles. The van der Waals surface area contributed by atoms with Crippen molar-refractivity contribution in [1.29, 1.82) is 0 Å². The second-order valence-electron chi connectivity index (χ2n) is 4.16. The lowest BCUT2D eigenvalue weighted by Gasteiger charge is -2.00. The fourth-order valence-electron chi connectivity index (χ4n) is 1.69. The number of oxazole rings is 1. The van der Waals surface area contributed by atoms with E-state index in [9.17, 15) is 9.59 Å². The number of halogens is 1. The van der Waals surface area contributed by atoms with Gasteiger partial charge in [-0.2, -0.15) is 0 Å². The number of carbonyl (C=O) groups excluding carboxylic acids is 2. The van der Waals surface area contributed by atoms with Crippen LogP contribution in [0.4, 0.5) is 0 Å². The Morgan fingerprint density at radius 1 is 1.19 bits per heavy atom. The summed E-state index contributed by atoms with van der Waals surface area (Å²) in [6, 6.07) is 5.21. The van der Waals surface area contributed by atoms with Gasteiger partial charge in [-0.15, -0.1) is 0 Å². The second-order valence-corrected chi connectivity index (χ2v) is 4.57. The number of benzene rings is 1. The molecule has 1 heterocycles. The first-order chi connectivity index (χ1) is 9.97.